The van der Waals surface area contributed by atoms with Gasteiger partial charge in [-0.25, -0.2) is 0 Å². The fraction of sp³-hybridized carbons (Fsp3) is 0.778. The molecule has 0 rings (SSSR count). The summed E-state index contributed by atoms with van der Waals surface area (Å²) in [4.78, 5) is 48.1. The van der Waals surface area contributed by atoms with Crippen molar-refractivity contribution in [3.63, 3.8) is 0 Å². The number of carboxylic acid groups (broad SMARTS) is 1. The second-order valence-corrected chi connectivity index (χ2v) is 7.76. The molecule has 10 nitrogen and oxygen atoms in total. The summed E-state index contributed by atoms with van der Waals surface area (Å²) in [6.45, 7) is 5.61. The molecule has 0 aromatic carbocycles. The molecule has 4 unspecified atom stereocenters. The van der Waals surface area contributed by atoms with E-state index in [1.165, 1.54) is 6.92 Å². The molecule has 0 radical (unpaired) electrons. The van der Waals surface area contributed by atoms with Crippen molar-refractivity contribution in [3.05, 3.63) is 0 Å². The Labute approximate surface area is 177 Å². The molecule has 3 amide bonds. The minimum absolute atomic E-state index is 0.0368. The lowest BCUT2D eigenvalue weighted by atomic mass is 10.0. The highest BCUT2D eigenvalue weighted by Gasteiger charge is 2.29. The second kappa shape index (κ2) is 14.2. The number of carbonyl (C=O) groups excluding carboxylic acids is 3. The van der Waals surface area contributed by atoms with Gasteiger partial charge >= 0.3 is 5.97 Å². The lowest BCUT2D eigenvalue weighted by molar-refractivity contribution is -0.141. The molecule has 0 aliphatic carbocycles. The minimum Gasteiger partial charge on any atom is -0.480 e. The van der Waals surface area contributed by atoms with Crippen molar-refractivity contribution in [1.29, 1.82) is 0 Å². The van der Waals surface area contributed by atoms with Crippen LogP contribution in [0.5, 0.6) is 0 Å². The van der Waals surface area contributed by atoms with E-state index in [-0.39, 0.29) is 11.7 Å². The van der Waals surface area contributed by atoms with E-state index in [4.69, 9.17) is 16.6 Å². The number of amides is 3. The van der Waals surface area contributed by atoms with Crippen LogP contribution in [0.4, 0.5) is 0 Å². The van der Waals surface area contributed by atoms with Gasteiger partial charge in [0, 0.05) is 5.75 Å². The lowest BCUT2D eigenvalue weighted by Gasteiger charge is -2.25. The first kappa shape index (κ1) is 27.1. The van der Waals surface area contributed by atoms with E-state index < -0.39 is 47.9 Å². The van der Waals surface area contributed by atoms with Gasteiger partial charge in [-0.05, 0) is 38.6 Å². The number of nitrogens with two attached hydrogens (primary N) is 2. The Morgan fingerprint density at radius 1 is 0.931 bits per heavy atom. The molecule has 168 valence electrons. The standard InChI is InChI=1S/C18H35N5O5S/c1-10(2)8-13(22-15(24)12(20)6-4-5-7-19)16(25)23-14(9-29)17(26)21-11(3)18(27)28/h10-14,29H,4-9,19-20H2,1-3H3,(H,21,26)(H,22,24)(H,23,25)(H,27,28). The number of hydrogen-bond acceptors (Lipinski definition) is 7. The van der Waals surface area contributed by atoms with Gasteiger partial charge in [0.2, 0.25) is 17.7 Å². The van der Waals surface area contributed by atoms with E-state index in [1.807, 2.05) is 13.8 Å². The monoisotopic (exact) mass is 433 g/mol. The molecule has 0 saturated carbocycles. The number of aliphatic carboxylic acids is 1. The third kappa shape index (κ3) is 11.1. The second-order valence-electron chi connectivity index (χ2n) is 7.39. The molecule has 0 aliphatic rings. The molecule has 0 fully saturated rings. The highest BCUT2D eigenvalue weighted by molar-refractivity contribution is 7.80. The Balaban J connectivity index is 5.01. The molecule has 0 aliphatic heterocycles. The topological polar surface area (TPSA) is 177 Å². The predicted octanol–water partition coefficient (Wildman–Crippen LogP) is -1.02. The zero-order valence-electron chi connectivity index (χ0n) is 17.3. The number of thiol groups is 1. The van der Waals surface area contributed by atoms with Gasteiger partial charge < -0.3 is 32.5 Å². The quantitative estimate of drug-likeness (QED) is 0.135. The van der Waals surface area contributed by atoms with E-state index in [0.29, 0.717) is 25.8 Å². The smallest absolute Gasteiger partial charge is 0.325 e. The molecule has 8 N–H and O–H groups in total. The Morgan fingerprint density at radius 2 is 1.48 bits per heavy atom. The van der Waals surface area contributed by atoms with Crippen LogP contribution in [0.15, 0.2) is 0 Å². The number of carboxylic acids is 1. The molecule has 4 atom stereocenters. The SMILES string of the molecule is CC(C)CC(NC(=O)C(N)CCCCN)C(=O)NC(CS)C(=O)NC(C)C(=O)O. The van der Waals surface area contributed by atoms with E-state index in [0.717, 1.165) is 6.42 Å². The summed E-state index contributed by atoms with van der Waals surface area (Å²) >= 11 is 4.05. The first-order valence-corrected chi connectivity index (χ1v) is 10.4. The molecule has 0 saturated heterocycles. The van der Waals surface area contributed by atoms with Gasteiger partial charge in [0.1, 0.15) is 18.1 Å². The van der Waals surface area contributed by atoms with Gasteiger partial charge in [0.25, 0.3) is 0 Å². The van der Waals surface area contributed by atoms with Crippen molar-refractivity contribution in [2.45, 2.75) is 70.6 Å². The molecule has 0 heterocycles. The molecule has 0 bridgehead atoms. The fourth-order valence-corrected chi connectivity index (χ4v) is 2.72. The van der Waals surface area contributed by atoms with Crippen molar-refractivity contribution in [1.82, 2.24) is 16.0 Å². The number of nitrogens with one attached hydrogen (secondary N) is 3. The fourth-order valence-electron chi connectivity index (χ4n) is 2.46. The van der Waals surface area contributed by atoms with Crippen LogP contribution in [0.1, 0.15) is 46.5 Å². The van der Waals surface area contributed by atoms with Gasteiger partial charge in [0.15, 0.2) is 0 Å². The number of rotatable bonds is 14. The van der Waals surface area contributed by atoms with Crippen LogP contribution in [0.3, 0.4) is 0 Å². The third-order valence-corrected chi connectivity index (χ3v) is 4.56. The van der Waals surface area contributed by atoms with E-state index >= 15 is 0 Å². The van der Waals surface area contributed by atoms with Gasteiger partial charge in [-0.1, -0.05) is 20.3 Å². The Bertz CT molecular complexity index is 561. The van der Waals surface area contributed by atoms with Crippen LogP contribution in [0.25, 0.3) is 0 Å². The highest BCUT2D eigenvalue weighted by atomic mass is 32.1. The largest absolute Gasteiger partial charge is 0.480 e. The average Bonchev–Trinajstić information content (AvgIpc) is 2.64. The number of hydrogen-bond donors (Lipinski definition) is 7. The summed E-state index contributed by atoms with van der Waals surface area (Å²) < 4.78 is 0. The minimum atomic E-state index is -1.20. The Hall–Kier alpha value is -1.85. The average molecular weight is 434 g/mol. The molecular formula is C18H35N5O5S. The van der Waals surface area contributed by atoms with Crippen LogP contribution in [-0.2, 0) is 19.2 Å². The number of unbranched alkanes of at least 4 members (excludes halogenated alkanes) is 1. The molecular weight excluding hydrogens is 398 g/mol. The van der Waals surface area contributed by atoms with Gasteiger partial charge in [-0.15, -0.1) is 0 Å². The summed E-state index contributed by atoms with van der Waals surface area (Å²) in [7, 11) is 0. The van der Waals surface area contributed by atoms with E-state index in [2.05, 4.69) is 28.6 Å². The third-order valence-electron chi connectivity index (χ3n) is 4.19. The maximum Gasteiger partial charge on any atom is 0.325 e. The first-order valence-electron chi connectivity index (χ1n) is 9.73. The van der Waals surface area contributed by atoms with Crippen molar-refractivity contribution in [2.24, 2.45) is 17.4 Å². The van der Waals surface area contributed by atoms with E-state index in [1.54, 1.807) is 0 Å². The van der Waals surface area contributed by atoms with Gasteiger partial charge in [0.05, 0.1) is 6.04 Å². The molecule has 11 heteroatoms. The van der Waals surface area contributed by atoms with Crippen LogP contribution < -0.4 is 27.4 Å². The summed E-state index contributed by atoms with van der Waals surface area (Å²) in [5.41, 5.74) is 11.3. The van der Waals surface area contributed by atoms with Crippen molar-refractivity contribution in [2.75, 3.05) is 12.3 Å². The lowest BCUT2D eigenvalue weighted by Crippen LogP contribution is -2.57. The Kier molecular flexibility index (Phi) is 13.3. The van der Waals surface area contributed by atoms with Crippen LogP contribution >= 0.6 is 12.6 Å². The Morgan fingerprint density at radius 3 is 1.97 bits per heavy atom. The molecule has 0 aromatic heterocycles. The highest BCUT2D eigenvalue weighted by Crippen LogP contribution is 2.07. The van der Waals surface area contributed by atoms with Crippen molar-refractivity contribution >= 4 is 36.3 Å². The van der Waals surface area contributed by atoms with E-state index in [9.17, 15) is 19.2 Å². The van der Waals surface area contributed by atoms with Gasteiger partial charge in [-0.2, -0.15) is 12.6 Å². The molecule has 29 heavy (non-hydrogen) atoms. The normalized spacial score (nSPS) is 15.1. The number of carbonyl (C=O) groups is 4. The summed E-state index contributed by atoms with van der Waals surface area (Å²) in [5, 5.41) is 16.3. The summed E-state index contributed by atoms with van der Waals surface area (Å²) in [6, 6.07) is -3.79. The van der Waals surface area contributed by atoms with Crippen molar-refractivity contribution < 1.29 is 24.3 Å². The van der Waals surface area contributed by atoms with Crippen LogP contribution in [-0.4, -0.2) is 65.3 Å². The zero-order chi connectivity index (χ0) is 22.6. The van der Waals surface area contributed by atoms with Crippen molar-refractivity contribution in [3.8, 4) is 0 Å². The summed E-state index contributed by atoms with van der Waals surface area (Å²) in [5.74, 6) is -2.82. The zero-order valence-corrected chi connectivity index (χ0v) is 18.2. The predicted molar refractivity (Wildman–Crippen MR) is 113 cm³/mol. The first-order chi connectivity index (χ1) is 13.5. The molecule has 0 aromatic rings. The maximum atomic E-state index is 12.7. The van der Waals surface area contributed by atoms with Crippen LogP contribution in [0, 0.1) is 5.92 Å². The summed E-state index contributed by atoms with van der Waals surface area (Å²) in [6.07, 6.45) is 2.26. The molecule has 0 spiro atoms. The van der Waals surface area contributed by atoms with Gasteiger partial charge in [-0.3, -0.25) is 19.2 Å². The van der Waals surface area contributed by atoms with Crippen LogP contribution in [0.2, 0.25) is 0 Å². The maximum absolute atomic E-state index is 12.7.